The fourth-order valence-corrected chi connectivity index (χ4v) is 3.36. The summed E-state index contributed by atoms with van der Waals surface area (Å²) >= 11 is 0. The van der Waals surface area contributed by atoms with Crippen molar-refractivity contribution in [2.24, 2.45) is 0 Å². The van der Waals surface area contributed by atoms with Crippen LogP contribution in [0.1, 0.15) is 40.7 Å². The number of carbonyl (C=O) groups is 1. The Bertz CT molecular complexity index is 796. The smallest absolute Gasteiger partial charge is 0.416 e. The highest BCUT2D eigenvalue weighted by Crippen LogP contribution is 2.34. The van der Waals surface area contributed by atoms with Crippen LogP contribution in [0.2, 0.25) is 0 Å². The number of carboxylic acids is 1. The first-order chi connectivity index (χ1) is 12.3. The van der Waals surface area contributed by atoms with Gasteiger partial charge in [-0.05, 0) is 66.9 Å². The van der Waals surface area contributed by atoms with Crippen LogP contribution >= 0.6 is 0 Å². The first-order valence-electron chi connectivity index (χ1n) is 8.61. The molecular formula is C20H20F3NO2. The lowest BCUT2D eigenvalue weighted by Crippen LogP contribution is -2.29. The number of piperidine rings is 1. The predicted molar refractivity (Wildman–Crippen MR) is 93.0 cm³/mol. The Morgan fingerprint density at radius 1 is 1.04 bits per heavy atom. The van der Waals surface area contributed by atoms with E-state index < -0.39 is 17.7 Å². The lowest BCUT2D eigenvalue weighted by atomic mass is 9.95. The summed E-state index contributed by atoms with van der Waals surface area (Å²) in [5.74, 6) is -1.04. The van der Waals surface area contributed by atoms with Crippen LogP contribution in [0.4, 0.5) is 13.2 Å². The third-order valence-corrected chi connectivity index (χ3v) is 4.70. The highest BCUT2D eigenvalue weighted by atomic mass is 19.4. The molecule has 1 aliphatic heterocycles. The number of hydrogen-bond acceptors (Lipinski definition) is 2. The molecule has 1 N–H and O–H groups in total. The third-order valence-electron chi connectivity index (χ3n) is 4.70. The molecule has 2 aromatic carbocycles. The number of halogens is 3. The van der Waals surface area contributed by atoms with Gasteiger partial charge in [-0.3, -0.25) is 4.90 Å². The molecule has 1 heterocycles. The summed E-state index contributed by atoms with van der Waals surface area (Å²) in [4.78, 5) is 13.5. The van der Waals surface area contributed by atoms with Crippen LogP contribution < -0.4 is 0 Å². The molecule has 0 bridgehead atoms. The van der Waals surface area contributed by atoms with E-state index in [4.69, 9.17) is 0 Å². The summed E-state index contributed by atoms with van der Waals surface area (Å²) in [5, 5.41) is 9.27. The second kappa shape index (κ2) is 7.50. The molecule has 2 aromatic rings. The number of carboxylic acid groups (broad SMARTS) is 1. The van der Waals surface area contributed by atoms with Gasteiger partial charge in [-0.1, -0.05) is 24.6 Å². The van der Waals surface area contributed by atoms with Gasteiger partial charge in [0.1, 0.15) is 0 Å². The minimum atomic E-state index is -4.41. The van der Waals surface area contributed by atoms with Crippen LogP contribution in [0.3, 0.4) is 0 Å². The molecule has 26 heavy (non-hydrogen) atoms. The van der Waals surface area contributed by atoms with E-state index in [1.54, 1.807) is 18.2 Å². The van der Waals surface area contributed by atoms with Crippen molar-refractivity contribution in [3.8, 4) is 11.1 Å². The summed E-state index contributed by atoms with van der Waals surface area (Å²) in [5.41, 5.74) is 1.27. The van der Waals surface area contributed by atoms with Crippen LogP contribution in [-0.2, 0) is 12.7 Å². The van der Waals surface area contributed by atoms with Gasteiger partial charge in [0.2, 0.25) is 0 Å². The first-order valence-corrected chi connectivity index (χ1v) is 8.61. The lowest BCUT2D eigenvalue weighted by Gasteiger charge is -2.27. The number of likely N-dealkylation sites (tertiary alicyclic amines) is 1. The summed E-state index contributed by atoms with van der Waals surface area (Å²) in [6.07, 6.45) is -1.08. The highest BCUT2D eigenvalue weighted by molar-refractivity contribution is 5.89. The van der Waals surface area contributed by atoms with Gasteiger partial charge in [-0.15, -0.1) is 0 Å². The van der Waals surface area contributed by atoms with Gasteiger partial charge in [-0.25, -0.2) is 4.79 Å². The van der Waals surface area contributed by atoms with E-state index in [1.807, 2.05) is 0 Å². The fourth-order valence-electron chi connectivity index (χ4n) is 3.36. The molecule has 0 radical (unpaired) electrons. The molecule has 0 aliphatic carbocycles. The number of benzene rings is 2. The van der Waals surface area contributed by atoms with E-state index in [1.165, 1.54) is 18.6 Å². The van der Waals surface area contributed by atoms with E-state index in [-0.39, 0.29) is 5.56 Å². The summed E-state index contributed by atoms with van der Waals surface area (Å²) in [6, 6.07) is 9.80. The Hall–Kier alpha value is -2.34. The predicted octanol–water partition coefficient (Wildman–Crippen LogP) is 5.06. The SMILES string of the molecule is O=C(O)c1ccc(-c2cccc(C(F)(F)F)c2)c(CN2CCCCC2)c1. The topological polar surface area (TPSA) is 40.5 Å². The molecule has 0 amide bonds. The van der Waals surface area contributed by atoms with Crippen LogP contribution in [0, 0.1) is 0 Å². The van der Waals surface area contributed by atoms with Crippen molar-refractivity contribution >= 4 is 5.97 Å². The van der Waals surface area contributed by atoms with E-state index in [9.17, 15) is 23.1 Å². The number of hydrogen-bond donors (Lipinski definition) is 1. The maximum atomic E-state index is 13.0. The molecule has 1 aliphatic rings. The monoisotopic (exact) mass is 363 g/mol. The number of rotatable bonds is 4. The molecule has 0 saturated carbocycles. The zero-order valence-electron chi connectivity index (χ0n) is 14.2. The average molecular weight is 363 g/mol. The molecular weight excluding hydrogens is 343 g/mol. The van der Waals surface area contributed by atoms with E-state index in [0.717, 1.165) is 43.6 Å². The van der Waals surface area contributed by atoms with Crippen LogP contribution in [-0.4, -0.2) is 29.1 Å². The van der Waals surface area contributed by atoms with Crippen LogP contribution in [0.15, 0.2) is 42.5 Å². The Labute approximate surface area is 150 Å². The van der Waals surface area contributed by atoms with Gasteiger partial charge in [0.15, 0.2) is 0 Å². The van der Waals surface area contributed by atoms with Gasteiger partial charge < -0.3 is 5.11 Å². The first kappa shape index (κ1) is 18.5. The minimum absolute atomic E-state index is 0.146. The fraction of sp³-hybridized carbons (Fsp3) is 0.350. The van der Waals surface area contributed by atoms with Crippen molar-refractivity contribution in [3.05, 3.63) is 59.2 Å². The summed E-state index contributed by atoms with van der Waals surface area (Å²) < 4.78 is 39.1. The Morgan fingerprint density at radius 2 is 1.77 bits per heavy atom. The quantitative estimate of drug-likeness (QED) is 0.826. The van der Waals surface area contributed by atoms with Gasteiger partial charge in [0.25, 0.3) is 0 Å². The van der Waals surface area contributed by atoms with Crippen LogP contribution in [0.5, 0.6) is 0 Å². The molecule has 3 rings (SSSR count). The number of nitrogens with zero attached hydrogens (tertiary/aromatic N) is 1. The van der Waals surface area contributed by atoms with Crippen molar-refractivity contribution < 1.29 is 23.1 Å². The highest BCUT2D eigenvalue weighted by Gasteiger charge is 2.30. The maximum absolute atomic E-state index is 13.0. The Morgan fingerprint density at radius 3 is 2.42 bits per heavy atom. The van der Waals surface area contributed by atoms with Crippen molar-refractivity contribution in [1.29, 1.82) is 0 Å². The van der Waals surface area contributed by atoms with E-state index in [0.29, 0.717) is 17.7 Å². The van der Waals surface area contributed by atoms with E-state index >= 15 is 0 Å². The zero-order chi connectivity index (χ0) is 18.7. The zero-order valence-corrected chi connectivity index (χ0v) is 14.2. The molecule has 0 atom stereocenters. The maximum Gasteiger partial charge on any atom is 0.416 e. The third kappa shape index (κ3) is 4.25. The molecule has 3 nitrogen and oxygen atoms in total. The molecule has 1 saturated heterocycles. The van der Waals surface area contributed by atoms with Gasteiger partial charge in [0, 0.05) is 6.54 Å². The molecule has 1 fully saturated rings. The Balaban J connectivity index is 2.01. The van der Waals surface area contributed by atoms with Crippen molar-refractivity contribution in [1.82, 2.24) is 4.90 Å². The molecule has 0 unspecified atom stereocenters. The molecule has 6 heteroatoms. The molecule has 0 aromatic heterocycles. The van der Waals surface area contributed by atoms with Gasteiger partial charge in [-0.2, -0.15) is 13.2 Å². The minimum Gasteiger partial charge on any atom is -0.478 e. The standard InChI is InChI=1S/C20H20F3NO2/c21-20(22,23)17-6-4-5-14(12-17)18-8-7-15(19(25)26)11-16(18)13-24-9-2-1-3-10-24/h4-8,11-12H,1-3,9-10,13H2,(H,25,26). The average Bonchev–Trinajstić information content (AvgIpc) is 2.62. The summed E-state index contributed by atoms with van der Waals surface area (Å²) in [6.45, 7) is 2.37. The van der Waals surface area contributed by atoms with Gasteiger partial charge in [0.05, 0.1) is 11.1 Å². The van der Waals surface area contributed by atoms with Crippen molar-refractivity contribution in [2.45, 2.75) is 32.0 Å². The number of aromatic carboxylic acids is 1. The Kier molecular flexibility index (Phi) is 5.32. The normalized spacial score (nSPS) is 15.8. The van der Waals surface area contributed by atoms with Crippen molar-refractivity contribution in [2.75, 3.05) is 13.1 Å². The second-order valence-corrected chi connectivity index (χ2v) is 6.59. The number of alkyl halides is 3. The van der Waals surface area contributed by atoms with Gasteiger partial charge >= 0.3 is 12.1 Å². The lowest BCUT2D eigenvalue weighted by molar-refractivity contribution is -0.137. The molecule has 138 valence electrons. The summed E-state index contributed by atoms with van der Waals surface area (Å²) in [7, 11) is 0. The largest absolute Gasteiger partial charge is 0.478 e. The van der Waals surface area contributed by atoms with Crippen LogP contribution in [0.25, 0.3) is 11.1 Å². The van der Waals surface area contributed by atoms with E-state index in [2.05, 4.69) is 4.90 Å². The van der Waals surface area contributed by atoms with Crippen molar-refractivity contribution in [3.63, 3.8) is 0 Å². The molecule has 0 spiro atoms. The second-order valence-electron chi connectivity index (χ2n) is 6.59.